The number of aryl methyl sites for hydroxylation is 1. The van der Waals surface area contributed by atoms with Crippen LogP contribution < -0.4 is 10.1 Å². The summed E-state index contributed by atoms with van der Waals surface area (Å²) in [7, 11) is 0. The van der Waals surface area contributed by atoms with Gasteiger partial charge in [0.2, 0.25) is 5.13 Å². The van der Waals surface area contributed by atoms with Crippen LogP contribution in [0.5, 0.6) is 5.75 Å². The molecule has 0 saturated heterocycles. The molecule has 1 heterocycles. The molecule has 7 heteroatoms. The van der Waals surface area contributed by atoms with Crippen LogP contribution in [0.1, 0.15) is 44.2 Å². The Balaban J connectivity index is 1.60. The van der Waals surface area contributed by atoms with Crippen LogP contribution in [-0.2, 0) is 17.6 Å². The molecule has 2 aromatic rings. The predicted octanol–water partition coefficient (Wildman–Crippen LogP) is 4.33. The standard InChI is InChI=1S/C18H23N3O2S2/c1-3-11-24-18-21-20-17(25-18)19-16(22)12(2)23-15-10-6-8-13-7-4-5-9-14(13)15/h6,8,10,12H,3-5,7,9,11H2,1-2H3,(H,19,20,22). The molecule has 1 unspecified atom stereocenters. The SMILES string of the molecule is CCCSc1nnc(NC(=O)C(C)Oc2cccc3c2CCCC3)s1. The maximum absolute atomic E-state index is 12.4. The molecule has 5 nitrogen and oxygen atoms in total. The Morgan fingerprint density at radius 1 is 1.36 bits per heavy atom. The van der Waals surface area contributed by atoms with E-state index >= 15 is 0 Å². The lowest BCUT2D eigenvalue weighted by atomic mass is 9.91. The quantitative estimate of drug-likeness (QED) is 0.575. The van der Waals surface area contributed by atoms with Gasteiger partial charge in [-0.15, -0.1) is 10.2 Å². The zero-order valence-corrected chi connectivity index (χ0v) is 16.2. The molecule has 0 saturated carbocycles. The Labute approximate surface area is 156 Å². The monoisotopic (exact) mass is 377 g/mol. The number of nitrogens with one attached hydrogen (secondary N) is 1. The fourth-order valence-electron chi connectivity index (χ4n) is 2.82. The molecule has 0 fully saturated rings. The number of ether oxygens (including phenoxy) is 1. The third-order valence-electron chi connectivity index (χ3n) is 4.09. The molecule has 134 valence electrons. The summed E-state index contributed by atoms with van der Waals surface area (Å²) < 4.78 is 6.84. The second kappa shape index (κ2) is 8.67. The van der Waals surface area contributed by atoms with Crippen molar-refractivity contribution in [2.75, 3.05) is 11.1 Å². The van der Waals surface area contributed by atoms with E-state index in [0.29, 0.717) is 5.13 Å². The summed E-state index contributed by atoms with van der Waals surface area (Å²) in [6.07, 6.45) is 5.02. The molecule has 1 aliphatic rings. The first-order chi connectivity index (χ1) is 12.2. The van der Waals surface area contributed by atoms with Gasteiger partial charge in [-0.25, -0.2) is 0 Å². The van der Waals surface area contributed by atoms with Crippen molar-refractivity contribution in [1.82, 2.24) is 10.2 Å². The van der Waals surface area contributed by atoms with Crippen LogP contribution >= 0.6 is 23.1 Å². The second-order valence-electron chi connectivity index (χ2n) is 6.07. The summed E-state index contributed by atoms with van der Waals surface area (Å²) in [6, 6.07) is 6.12. The van der Waals surface area contributed by atoms with Gasteiger partial charge in [0.1, 0.15) is 5.75 Å². The van der Waals surface area contributed by atoms with E-state index in [2.05, 4.69) is 28.5 Å². The molecule has 1 amide bonds. The maximum Gasteiger partial charge on any atom is 0.266 e. The number of benzene rings is 1. The van der Waals surface area contributed by atoms with E-state index in [1.165, 1.54) is 35.3 Å². The van der Waals surface area contributed by atoms with E-state index in [0.717, 1.165) is 35.1 Å². The Morgan fingerprint density at radius 2 is 2.20 bits per heavy atom. The molecule has 0 spiro atoms. The summed E-state index contributed by atoms with van der Waals surface area (Å²) in [4.78, 5) is 12.4. The first-order valence-corrected chi connectivity index (χ1v) is 10.5. The topological polar surface area (TPSA) is 64.1 Å². The largest absolute Gasteiger partial charge is 0.481 e. The van der Waals surface area contributed by atoms with Gasteiger partial charge < -0.3 is 4.74 Å². The number of fused-ring (bicyclic) bond motifs is 1. The van der Waals surface area contributed by atoms with Crippen molar-refractivity contribution in [3.8, 4) is 5.75 Å². The zero-order chi connectivity index (χ0) is 17.6. The number of carbonyl (C=O) groups is 1. The van der Waals surface area contributed by atoms with Gasteiger partial charge in [-0.2, -0.15) is 0 Å². The van der Waals surface area contributed by atoms with E-state index < -0.39 is 6.10 Å². The fourth-order valence-corrected chi connectivity index (χ4v) is 4.50. The number of rotatable bonds is 7. The number of carbonyl (C=O) groups excluding carboxylic acids is 1. The summed E-state index contributed by atoms with van der Waals surface area (Å²) in [5.74, 6) is 1.63. The minimum absolute atomic E-state index is 0.198. The van der Waals surface area contributed by atoms with Crippen LogP contribution in [0.15, 0.2) is 22.5 Å². The predicted molar refractivity (Wildman–Crippen MR) is 103 cm³/mol. The van der Waals surface area contributed by atoms with E-state index in [-0.39, 0.29) is 5.91 Å². The molecule has 0 aliphatic heterocycles. The van der Waals surface area contributed by atoms with Crippen molar-refractivity contribution in [2.45, 2.75) is 56.4 Å². The molecule has 1 aromatic heterocycles. The Hall–Kier alpha value is -1.60. The van der Waals surface area contributed by atoms with E-state index in [9.17, 15) is 4.79 Å². The molecule has 1 atom stereocenters. The van der Waals surface area contributed by atoms with Crippen molar-refractivity contribution in [3.63, 3.8) is 0 Å². The van der Waals surface area contributed by atoms with Crippen LogP contribution in [0.4, 0.5) is 5.13 Å². The number of hydrogen-bond acceptors (Lipinski definition) is 6. The third-order valence-corrected chi connectivity index (χ3v) is 6.27. The minimum Gasteiger partial charge on any atom is -0.481 e. The number of amides is 1. The van der Waals surface area contributed by atoms with E-state index in [1.807, 2.05) is 12.1 Å². The van der Waals surface area contributed by atoms with Gasteiger partial charge in [-0.3, -0.25) is 10.1 Å². The van der Waals surface area contributed by atoms with Crippen molar-refractivity contribution >= 4 is 34.1 Å². The van der Waals surface area contributed by atoms with Gasteiger partial charge >= 0.3 is 0 Å². The number of thioether (sulfide) groups is 1. The maximum atomic E-state index is 12.4. The molecule has 0 bridgehead atoms. The van der Waals surface area contributed by atoms with Gasteiger partial charge in [0.25, 0.3) is 5.91 Å². The van der Waals surface area contributed by atoms with Crippen LogP contribution in [0.2, 0.25) is 0 Å². The lowest BCUT2D eigenvalue weighted by Gasteiger charge is -2.21. The van der Waals surface area contributed by atoms with Gasteiger partial charge in [0.05, 0.1) is 0 Å². The van der Waals surface area contributed by atoms with Gasteiger partial charge in [0.15, 0.2) is 10.4 Å². The fraction of sp³-hybridized carbons (Fsp3) is 0.500. The number of anilines is 1. The highest BCUT2D eigenvalue weighted by molar-refractivity contribution is 8.01. The highest BCUT2D eigenvalue weighted by Gasteiger charge is 2.20. The number of aromatic nitrogens is 2. The lowest BCUT2D eigenvalue weighted by Crippen LogP contribution is -2.30. The molecule has 3 rings (SSSR count). The van der Waals surface area contributed by atoms with Gasteiger partial charge in [-0.05, 0) is 56.2 Å². The third kappa shape index (κ3) is 4.73. The van der Waals surface area contributed by atoms with Crippen molar-refractivity contribution in [1.29, 1.82) is 0 Å². The minimum atomic E-state index is -0.580. The molecule has 0 radical (unpaired) electrons. The average molecular weight is 378 g/mol. The highest BCUT2D eigenvalue weighted by Crippen LogP contribution is 2.30. The first kappa shape index (κ1) is 18.2. The van der Waals surface area contributed by atoms with Gasteiger partial charge in [0, 0.05) is 5.75 Å². The van der Waals surface area contributed by atoms with Crippen molar-refractivity contribution in [2.24, 2.45) is 0 Å². The van der Waals surface area contributed by atoms with Crippen molar-refractivity contribution < 1.29 is 9.53 Å². The van der Waals surface area contributed by atoms with Crippen molar-refractivity contribution in [3.05, 3.63) is 29.3 Å². The molecule has 1 N–H and O–H groups in total. The number of hydrogen-bond donors (Lipinski definition) is 1. The summed E-state index contributed by atoms with van der Waals surface area (Å²) in [5, 5.41) is 11.4. The molecular formula is C18H23N3O2S2. The molecule has 1 aromatic carbocycles. The normalized spacial score (nSPS) is 14.6. The Kier molecular flexibility index (Phi) is 6.31. The van der Waals surface area contributed by atoms with Crippen LogP contribution in [0, 0.1) is 0 Å². The van der Waals surface area contributed by atoms with Gasteiger partial charge in [-0.1, -0.05) is 42.2 Å². The summed E-state index contributed by atoms with van der Waals surface area (Å²) >= 11 is 3.06. The molecule has 25 heavy (non-hydrogen) atoms. The number of nitrogens with zero attached hydrogens (tertiary/aromatic N) is 2. The average Bonchev–Trinajstić information content (AvgIpc) is 3.07. The smallest absolute Gasteiger partial charge is 0.266 e. The van der Waals surface area contributed by atoms with Crippen LogP contribution in [-0.4, -0.2) is 28.0 Å². The Bertz CT molecular complexity index is 733. The first-order valence-electron chi connectivity index (χ1n) is 8.72. The summed E-state index contributed by atoms with van der Waals surface area (Å²) in [5.41, 5.74) is 2.60. The van der Waals surface area contributed by atoms with Crippen LogP contribution in [0.25, 0.3) is 0 Å². The highest BCUT2D eigenvalue weighted by atomic mass is 32.2. The molecule has 1 aliphatic carbocycles. The lowest BCUT2D eigenvalue weighted by molar-refractivity contribution is -0.122. The second-order valence-corrected chi connectivity index (χ2v) is 8.39. The summed E-state index contributed by atoms with van der Waals surface area (Å²) in [6.45, 7) is 3.89. The van der Waals surface area contributed by atoms with E-state index in [4.69, 9.17) is 4.74 Å². The van der Waals surface area contributed by atoms with Crippen LogP contribution in [0.3, 0.4) is 0 Å². The molecular weight excluding hydrogens is 354 g/mol. The Morgan fingerprint density at radius 3 is 3.04 bits per heavy atom. The zero-order valence-electron chi connectivity index (χ0n) is 14.6. The van der Waals surface area contributed by atoms with E-state index in [1.54, 1.807) is 18.7 Å².